The molecule has 3 aromatic carbocycles. The van der Waals surface area contributed by atoms with Crippen molar-refractivity contribution in [2.75, 3.05) is 5.75 Å². The van der Waals surface area contributed by atoms with Gasteiger partial charge in [0.2, 0.25) is 0 Å². The fraction of sp³-hybridized carbons (Fsp3) is 0.281. The van der Waals surface area contributed by atoms with Gasteiger partial charge in [-0.25, -0.2) is 13.0 Å². The number of aliphatic hydroxyl groups excluding tert-OH is 1. The zero-order chi connectivity index (χ0) is 26.9. The van der Waals surface area contributed by atoms with Crippen molar-refractivity contribution in [2.45, 2.75) is 50.8 Å². The van der Waals surface area contributed by atoms with Gasteiger partial charge < -0.3 is 22.3 Å². The van der Waals surface area contributed by atoms with Gasteiger partial charge in [-0.3, -0.25) is 0 Å². The molecule has 7 heteroatoms. The minimum absolute atomic E-state index is 0. The zero-order valence-corrected chi connectivity index (χ0v) is 24.0. The van der Waals surface area contributed by atoms with E-state index in [1.165, 1.54) is 5.56 Å². The van der Waals surface area contributed by atoms with Crippen LogP contribution in [0.4, 0.5) is 0 Å². The average molecular weight is 564 g/mol. The molecule has 1 aromatic heterocycles. The number of benzene rings is 3. The Hall–Kier alpha value is -3.19. The second-order valence-electron chi connectivity index (χ2n) is 10.9. The number of aromatic nitrogens is 1. The number of pyridine rings is 1. The quantitative estimate of drug-likeness (QED) is 0.365. The normalized spacial score (nSPS) is 19.3. The molecule has 39 heavy (non-hydrogen) atoms. The molecule has 0 amide bonds. The first-order chi connectivity index (χ1) is 18.1. The van der Waals surface area contributed by atoms with Crippen molar-refractivity contribution < 1.29 is 35.2 Å². The first-order valence-corrected chi connectivity index (χ1v) is 14.5. The minimum Gasteiger partial charge on any atom is -1.00 e. The maximum atomic E-state index is 13.2. The Kier molecular flexibility index (Phi) is 8.50. The third-order valence-corrected chi connectivity index (χ3v) is 9.49. The number of fused-ring (bicyclic) bond motifs is 1. The fourth-order valence-corrected chi connectivity index (χ4v) is 7.39. The van der Waals surface area contributed by atoms with Crippen LogP contribution in [0.5, 0.6) is 5.75 Å². The topological polar surface area (TPSA) is 67.5 Å². The molecule has 2 atom stereocenters. The van der Waals surface area contributed by atoms with Crippen molar-refractivity contribution in [1.29, 1.82) is 0 Å². The number of hydrogen-bond acceptors (Lipinski definition) is 4. The second kappa shape index (κ2) is 11.5. The van der Waals surface area contributed by atoms with Crippen molar-refractivity contribution in [3.8, 4) is 5.75 Å². The molecule has 1 aliphatic rings. The lowest BCUT2D eigenvalue weighted by Gasteiger charge is -2.33. The lowest BCUT2D eigenvalue weighted by Crippen LogP contribution is -3.00. The van der Waals surface area contributed by atoms with Crippen LogP contribution in [-0.4, -0.2) is 25.4 Å². The van der Waals surface area contributed by atoms with E-state index in [9.17, 15) is 13.5 Å². The van der Waals surface area contributed by atoms with Gasteiger partial charge in [0.05, 0.1) is 16.8 Å². The lowest BCUT2D eigenvalue weighted by molar-refractivity contribution is -0.688. The molecule has 0 fully saturated rings. The van der Waals surface area contributed by atoms with Gasteiger partial charge in [0, 0.05) is 29.0 Å². The van der Waals surface area contributed by atoms with Crippen molar-refractivity contribution in [1.82, 2.24) is 0 Å². The Morgan fingerprint density at radius 3 is 2.23 bits per heavy atom. The number of hydrogen-bond donors (Lipinski definition) is 1. The van der Waals surface area contributed by atoms with E-state index in [2.05, 4.69) is 41.2 Å². The highest BCUT2D eigenvalue weighted by molar-refractivity contribution is 7.91. The van der Waals surface area contributed by atoms with Crippen LogP contribution in [-0.2, 0) is 23.0 Å². The van der Waals surface area contributed by atoms with Gasteiger partial charge in [-0.1, -0.05) is 74.0 Å². The predicted molar refractivity (Wildman–Crippen MR) is 148 cm³/mol. The monoisotopic (exact) mass is 563 g/mol. The summed E-state index contributed by atoms with van der Waals surface area (Å²) in [4.78, 5) is 0.312. The van der Waals surface area contributed by atoms with Gasteiger partial charge in [-0.15, -0.1) is 0 Å². The van der Waals surface area contributed by atoms with Crippen LogP contribution >= 0.6 is 0 Å². The van der Waals surface area contributed by atoms with Gasteiger partial charge in [0.25, 0.3) is 0 Å². The Morgan fingerprint density at radius 2 is 1.56 bits per heavy atom. The van der Waals surface area contributed by atoms with E-state index in [1.807, 2.05) is 75.4 Å². The van der Waals surface area contributed by atoms with E-state index in [4.69, 9.17) is 4.74 Å². The summed E-state index contributed by atoms with van der Waals surface area (Å²) in [6.07, 6.45) is 3.24. The first-order valence-electron chi connectivity index (χ1n) is 12.9. The summed E-state index contributed by atoms with van der Waals surface area (Å²) >= 11 is 0. The third kappa shape index (κ3) is 6.35. The summed E-state index contributed by atoms with van der Waals surface area (Å²) in [5.41, 5.74) is 3.97. The van der Waals surface area contributed by atoms with E-state index in [-0.39, 0.29) is 18.2 Å². The first kappa shape index (κ1) is 28.8. The molecule has 2 heterocycles. The molecular formula is C32H34ClNO4S. The third-order valence-electron chi connectivity index (χ3n) is 7.32. The van der Waals surface area contributed by atoms with Crippen LogP contribution in [0.25, 0.3) is 0 Å². The summed E-state index contributed by atoms with van der Waals surface area (Å²) in [7, 11) is -3.53. The molecular weight excluding hydrogens is 530 g/mol. The average Bonchev–Trinajstić information content (AvgIpc) is 2.94. The molecule has 0 saturated heterocycles. The van der Waals surface area contributed by atoms with Gasteiger partial charge in [0.15, 0.2) is 28.8 Å². The minimum atomic E-state index is -3.53. The molecule has 0 aliphatic carbocycles. The lowest BCUT2D eigenvalue weighted by atomic mass is 9.75. The summed E-state index contributed by atoms with van der Waals surface area (Å²) in [5.74, 6) is 0.163. The molecule has 4 aromatic rings. The van der Waals surface area contributed by atoms with E-state index in [1.54, 1.807) is 6.07 Å². The second-order valence-corrected chi connectivity index (χ2v) is 12.9. The van der Waals surface area contributed by atoms with Gasteiger partial charge >= 0.3 is 0 Å². The molecule has 1 N–H and O–H groups in total. The highest BCUT2D eigenvalue weighted by Crippen LogP contribution is 2.45. The molecule has 1 aliphatic heterocycles. The van der Waals surface area contributed by atoms with Crippen molar-refractivity contribution >= 4 is 9.84 Å². The SMILES string of the molecule is Cc1ccc2c(c1)[C@@H](c1ccc(OCc3ccc(C[n+]4ccccc4)cc3)cc1)[C@@H](O)C(C)(C)CS2(=O)=O.[Cl-]. The molecule has 0 saturated carbocycles. The van der Waals surface area contributed by atoms with Crippen LogP contribution < -0.4 is 21.7 Å². The highest BCUT2D eigenvalue weighted by atomic mass is 35.5. The van der Waals surface area contributed by atoms with Crippen LogP contribution in [0.3, 0.4) is 0 Å². The van der Waals surface area contributed by atoms with Crippen LogP contribution in [0.15, 0.2) is 102 Å². The molecule has 0 spiro atoms. The van der Waals surface area contributed by atoms with Gasteiger partial charge in [0.1, 0.15) is 12.4 Å². The summed E-state index contributed by atoms with van der Waals surface area (Å²) in [5, 5.41) is 11.4. The Labute approximate surface area is 237 Å². The fourth-order valence-electron chi connectivity index (χ4n) is 5.26. The molecule has 0 bridgehead atoms. The molecule has 5 nitrogen and oxygen atoms in total. The maximum Gasteiger partial charge on any atom is 0.179 e. The number of sulfone groups is 1. The van der Waals surface area contributed by atoms with E-state index in [0.29, 0.717) is 17.1 Å². The van der Waals surface area contributed by atoms with Crippen molar-refractivity contribution in [2.24, 2.45) is 5.41 Å². The van der Waals surface area contributed by atoms with Crippen LogP contribution in [0.2, 0.25) is 0 Å². The maximum absolute atomic E-state index is 13.2. The smallest absolute Gasteiger partial charge is 0.179 e. The van der Waals surface area contributed by atoms with E-state index in [0.717, 1.165) is 29.0 Å². The predicted octanol–water partition coefficient (Wildman–Crippen LogP) is 2.22. The Bertz CT molecular complexity index is 1520. The highest BCUT2D eigenvalue weighted by Gasteiger charge is 2.44. The molecule has 0 unspecified atom stereocenters. The summed E-state index contributed by atoms with van der Waals surface area (Å²) in [6.45, 7) is 6.84. The summed E-state index contributed by atoms with van der Waals surface area (Å²) in [6, 6.07) is 27.5. The summed E-state index contributed by atoms with van der Waals surface area (Å²) < 4.78 is 34.6. The Morgan fingerprint density at radius 1 is 0.923 bits per heavy atom. The van der Waals surface area contributed by atoms with E-state index >= 15 is 0 Å². The van der Waals surface area contributed by atoms with Gasteiger partial charge in [-0.2, -0.15) is 0 Å². The largest absolute Gasteiger partial charge is 1.00 e. The number of rotatable bonds is 6. The number of aryl methyl sites for hydroxylation is 1. The zero-order valence-electron chi connectivity index (χ0n) is 22.4. The number of aliphatic hydroxyl groups is 1. The van der Waals surface area contributed by atoms with Crippen molar-refractivity contribution in [3.63, 3.8) is 0 Å². The number of ether oxygens (including phenoxy) is 1. The van der Waals surface area contributed by atoms with E-state index < -0.39 is 27.3 Å². The van der Waals surface area contributed by atoms with Crippen LogP contribution in [0, 0.1) is 12.3 Å². The molecule has 0 radical (unpaired) electrons. The van der Waals surface area contributed by atoms with Gasteiger partial charge in [-0.05, 0) is 41.8 Å². The molecule has 5 rings (SSSR count). The number of halogens is 1. The Balaban J connectivity index is 0.00000353. The molecule has 204 valence electrons. The van der Waals surface area contributed by atoms with Crippen LogP contribution in [0.1, 0.15) is 47.6 Å². The number of nitrogens with zero attached hydrogens (tertiary/aromatic N) is 1. The standard InChI is InChI=1S/C32H34NO4S.ClH/c1-23-7-16-29-28(19-23)30(31(34)32(2,3)22-38(29,35)36)26-12-14-27(15-13-26)37-21-25-10-8-24(9-11-25)20-33-17-5-4-6-18-33;/h4-19,30-31,34H,20-22H2,1-3H3;1H/q+1;/p-1/t30-,31-;/m1./s1. The van der Waals surface area contributed by atoms with Crippen molar-refractivity contribution in [3.05, 3.63) is 125 Å².